The van der Waals surface area contributed by atoms with E-state index in [2.05, 4.69) is 9.88 Å². The van der Waals surface area contributed by atoms with Gasteiger partial charge in [-0.15, -0.1) is 11.3 Å². The van der Waals surface area contributed by atoms with Crippen molar-refractivity contribution in [3.63, 3.8) is 0 Å². The molecule has 1 fully saturated rings. The van der Waals surface area contributed by atoms with Crippen molar-refractivity contribution in [3.05, 3.63) is 16.1 Å². The van der Waals surface area contributed by atoms with Gasteiger partial charge in [-0.2, -0.15) is 0 Å². The average molecular weight is 312 g/mol. The van der Waals surface area contributed by atoms with Gasteiger partial charge in [-0.1, -0.05) is 12.2 Å². The molecule has 1 aliphatic heterocycles. The molecule has 5 nitrogen and oxygen atoms in total. The largest absolute Gasteiger partial charge is 0.392 e. The number of nitrogens with zero attached hydrogens (tertiary/aromatic N) is 3. The minimum Gasteiger partial charge on any atom is -0.392 e. The number of thiazole rings is 1. The summed E-state index contributed by atoms with van der Waals surface area (Å²) >= 11 is 6.53. The Bertz CT molecular complexity index is 518. The normalized spacial score (nSPS) is 17.2. The fourth-order valence-electron chi connectivity index (χ4n) is 2.28. The van der Waals surface area contributed by atoms with Gasteiger partial charge in [-0.3, -0.25) is 9.69 Å². The van der Waals surface area contributed by atoms with Crippen LogP contribution in [0.3, 0.4) is 0 Å². The molecule has 0 radical (unpaired) electrons. The fourth-order valence-corrected chi connectivity index (χ4v) is 3.17. The van der Waals surface area contributed by atoms with E-state index in [1.165, 1.54) is 11.3 Å². The van der Waals surface area contributed by atoms with Gasteiger partial charge < -0.3 is 10.6 Å². The maximum atomic E-state index is 12.4. The summed E-state index contributed by atoms with van der Waals surface area (Å²) in [6.07, 6.45) is 0. The molecule has 2 rings (SSSR count). The first-order chi connectivity index (χ1) is 9.34. The van der Waals surface area contributed by atoms with Crippen LogP contribution < -0.4 is 5.73 Å². The van der Waals surface area contributed by atoms with E-state index in [0.717, 1.165) is 23.7 Å². The second kappa shape index (κ2) is 5.75. The first-order valence-corrected chi connectivity index (χ1v) is 7.87. The lowest BCUT2D eigenvalue weighted by Gasteiger charge is -2.43. The Kier molecular flexibility index (Phi) is 4.41. The predicted molar refractivity (Wildman–Crippen MR) is 85.2 cm³/mol. The Morgan fingerprint density at radius 2 is 2.00 bits per heavy atom. The lowest BCUT2D eigenvalue weighted by atomic mass is 10.0. The van der Waals surface area contributed by atoms with Crippen molar-refractivity contribution in [2.75, 3.05) is 26.2 Å². The summed E-state index contributed by atoms with van der Waals surface area (Å²) < 4.78 is 0. The number of nitrogens with two attached hydrogens (primary N) is 1. The fraction of sp³-hybridized carbons (Fsp3) is 0.615. The highest BCUT2D eigenvalue weighted by molar-refractivity contribution is 7.80. The van der Waals surface area contributed by atoms with Crippen LogP contribution in [-0.2, 0) is 0 Å². The molecule has 7 heteroatoms. The molecule has 1 aromatic rings. The van der Waals surface area contributed by atoms with Crippen LogP contribution in [0, 0.1) is 6.92 Å². The summed E-state index contributed by atoms with van der Waals surface area (Å²) in [5.41, 5.74) is 8.02. The van der Waals surface area contributed by atoms with Crippen molar-refractivity contribution in [1.29, 1.82) is 0 Å². The molecule has 2 N–H and O–H groups in total. The van der Waals surface area contributed by atoms with Crippen molar-refractivity contribution in [2.24, 2.45) is 5.73 Å². The number of amides is 1. The van der Waals surface area contributed by atoms with Gasteiger partial charge in [-0.05, 0) is 20.8 Å². The third-order valence-electron chi connectivity index (χ3n) is 3.90. The summed E-state index contributed by atoms with van der Waals surface area (Å²) in [4.78, 5) is 21.9. The van der Waals surface area contributed by atoms with Crippen molar-refractivity contribution < 1.29 is 4.79 Å². The molecule has 0 bridgehead atoms. The van der Waals surface area contributed by atoms with E-state index in [9.17, 15) is 4.79 Å². The predicted octanol–water partition coefficient (Wildman–Crippen LogP) is 1.27. The standard InChI is InChI=1S/C13H20N4OS2/c1-9-10(20-8-15-9)11(18)16-4-6-17(7-5-16)13(2,3)12(14)19/h8H,4-7H2,1-3H3,(H2,14,19). The van der Waals surface area contributed by atoms with E-state index < -0.39 is 0 Å². The minimum absolute atomic E-state index is 0.0813. The number of carbonyl (C=O) groups excluding carboxylic acids is 1. The molecule has 0 saturated carbocycles. The molecule has 1 aromatic heterocycles. The lowest BCUT2D eigenvalue weighted by Crippen LogP contribution is -2.59. The molecule has 1 saturated heterocycles. The van der Waals surface area contributed by atoms with Gasteiger partial charge in [0, 0.05) is 26.2 Å². The second-order valence-electron chi connectivity index (χ2n) is 5.47. The van der Waals surface area contributed by atoms with E-state index >= 15 is 0 Å². The van der Waals surface area contributed by atoms with Crippen LogP contribution in [-0.4, -0.2) is 57.4 Å². The molecule has 1 amide bonds. The molecule has 20 heavy (non-hydrogen) atoms. The molecule has 2 heterocycles. The number of thiocarbonyl (C=S) groups is 1. The highest BCUT2D eigenvalue weighted by Gasteiger charge is 2.33. The summed E-state index contributed by atoms with van der Waals surface area (Å²) in [5.74, 6) is 0.0813. The summed E-state index contributed by atoms with van der Waals surface area (Å²) in [7, 11) is 0. The van der Waals surface area contributed by atoms with Crippen LogP contribution >= 0.6 is 23.6 Å². The molecule has 110 valence electrons. The van der Waals surface area contributed by atoms with Crippen LogP contribution in [0.5, 0.6) is 0 Å². The van der Waals surface area contributed by atoms with E-state index in [4.69, 9.17) is 18.0 Å². The molecule has 0 unspecified atom stereocenters. The Morgan fingerprint density at radius 3 is 2.45 bits per heavy atom. The molecular formula is C13H20N4OS2. The molecule has 0 aliphatic carbocycles. The zero-order chi connectivity index (χ0) is 14.9. The minimum atomic E-state index is -0.301. The average Bonchev–Trinajstić information content (AvgIpc) is 2.84. The Labute approximate surface area is 128 Å². The number of hydrogen-bond acceptors (Lipinski definition) is 5. The van der Waals surface area contributed by atoms with Crippen LogP contribution in [0.4, 0.5) is 0 Å². The van der Waals surface area contributed by atoms with Crippen molar-refractivity contribution >= 4 is 34.5 Å². The zero-order valence-electron chi connectivity index (χ0n) is 12.0. The number of aromatic nitrogens is 1. The summed E-state index contributed by atoms with van der Waals surface area (Å²) in [6.45, 7) is 8.89. The molecule has 0 spiro atoms. The maximum absolute atomic E-state index is 12.4. The van der Waals surface area contributed by atoms with Crippen LogP contribution in [0.15, 0.2) is 5.51 Å². The van der Waals surface area contributed by atoms with E-state index in [1.54, 1.807) is 5.51 Å². The first-order valence-electron chi connectivity index (χ1n) is 6.58. The van der Waals surface area contributed by atoms with Crippen LogP contribution in [0.2, 0.25) is 0 Å². The van der Waals surface area contributed by atoms with Gasteiger partial charge in [0.2, 0.25) is 0 Å². The first kappa shape index (κ1) is 15.3. The molecule has 1 aliphatic rings. The third kappa shape index (κ3) is 2.84. The maximum Gasteiger partial charge on any atom is 0.265 e. The van der Waals surface area contributed by atoms with Gasteiger partial charge in [-0.25, -0.2) is 4.98 Å². The van der Waals surface area contributed by atoms with Gasteiger partial charge in [0.25, 0.3) is 5.91 Å². The number of hydrogen-bond donors (Lipinski definition) is 1. The monoisotopic (exact) mass is 312 g/mol. The van der Waals surface area contributed by atoms with Gasteiger partial charge in [0.15, 0.2) is 0 Å². The van der Waals surface area contributed by atoms with Gasteiger partial charge in [0.05, 0.1) is 21.7 Å². The molecular weight excluding hydrogens is 292 g/mol. The van der Waals surface area contributed by atoms with E-state index in [0.29, 0.717) is 18.1 Å². The number of aryl methyl sites for hydroxylation is 1. The highest BCUT2D eigenvalue weighted by Crippen LogP contribution is 2.20. The number of carbonyl (C=O) groups is 1. The smallest absolute Gasteiger partial charge is 0.265 e. The Morgan fingerprint density at radius 1 is 1.40 bits per heavy atom. The third-order valence-corrected chi connectivity index (χ3v) is 5.32. The Balaban J connectivity index is 2.00. The van der Waals surface area contributed by atoms with Gasteiger partial charge >= 0.3 is 0 Å². The summed E-state index contributed by atoms with van der Waals surface area (Å²) in [6, 6.07) is 0. The van der Waals surface area contributed by atoms with Crippen LogP contribution in [0.25, 0.3) is 0 Å². The second-order valence-corrected chi connectivity index (χ2v) is 6.76. The van der Waals surface area contributed by atoms with Gasteiger partial charge in [0.1, 0.15) is 4.88 Å². The van der Waals surface area contributed by atoms with E-state index in [1.807, 2.05) is 25.7 Å². The van der Waals surface area contributed by atoms with Crippen molar-refractivity contribution in [3.8, 4) is 0 Å². The summed E-state index contributed by atoms with van der Waals surface area (Å²) in [5, 5.41) is 0. The van der Waals surface area contributed by atoms with E-state index in [-0.39, 0.29) is 11.4 Å². The van der Waals surface area contributed by atoms with Crippen molar-refractivity contribution in [1.82, 2.24) is 14.8 Å². The topological polar surface area (TPSA) is 62.5 Å². The number of piperazine rings is 1. The molecule has 0 atom stereocenters. The Hall–Kier alpha value is -1.05. The molecule has 0 aromatic carbocycles. The van der Waals surface area contributed by atoms with Crippen molar-refractivity contribution in [2.45, 2.75) is 26.3 Å². The SMILES string of the molecule is Cc1ncsc1C(=O)N1CCN(C(C)(C)C(N)=S)CC1. The highest BCUT2D eigenvalue weighted by atomic mass is 32.1. The van der Waals surface area contributed by atoms with Crippen LogP contribution in [0.1, 0.15) is 29.2 Å². The quantitative estimate of drug-likeness (QED) is 0.852. The number of rotatable bonds is 3. The zero-order valence-corrected chi connectivity index (χ0v) is 13.7. The lowest BCUT2D eigenvalue weighted by molar-refractivity contribution is 0.0543.